The van der Waals surface area contributed by atoms with Crippen molar-refractivity contribution in [1.29, 1.82) is 0 Å². The van der Waals surface area contributed by atoms with E-state index in [-0.39, 0.29) is 12.3 Å². The predicted molar refractivity (Wildman–Crippen MR) is 139 cm³/mol. The number of carbonyl (C=O) groups excluding carboxylic acids is 2. The van der Waals surface area contributed by atoms with Gasteiger partial charge in [0.15, 0.2) is 0 Å². The van der Waals surface area contributed by atoms with Crippen LogP contribution in [0.5, 0.6) is 0 Å². The lowest BCUT2D eigenvalue weighted by atomic mass is 9.91. The van der Waals surface area contributed by atoms with Crippen molar-refractivity contribution in [2.24, 2.45) is 0 Å². The van der Waals surface area contributed by atoms with Gasteiger partial charge in [-0.3, -0.25) is 10.1 Å². The molecular formula is C29H30N2O6. The van der Waals surface area contributed by atoms with Crippen molar-refractivity contribution in [2.45, 2.75) is 51.2 Å². The van der Waals surface area contributed by atoms with E-state index in [1.807, 2.05) is 48.5 Å². The van der Waals surface area contributed by atoms with Crippen LogP contribution in [-0.2, 0) is 20.9 Å². The van der Waals surface area contributed by atoms with Crippen LogP contribution in [0.3, 0.4) is 0 Å². The van der Waals surface area contributed by atoms with Crippen LogP contribution in [-0.4, -0.2) is 29.6 Å². The smallest absolute Gasteiger partial charge is 0.408 e. The van der Waals surface area contributed by atoms with E-state index in [2.05, 4.69) is 12.2 Å². The summed E-state index contributed by atoms with van der Waals surface area (Å²) < 4.78 is 11.3. The van der Waals surface area contributed by atoms with Crippen molar-refractivity contribution in [3.05, 3.63) is 99.6 Å². The number of benzene rings is 3. The van der Waals surface area contributed by atoms with Gasteiger partial charge in [0.25, 0.3) is 5.69 Å². The summed E-state index contributed by atoms with van der Waals surface area (Å²) in [7, 11) is 0. The topological polar surface area (TPSA) is 108 Å². The van der Waals surface area contributed by atoms with Crippen LogP contribution in [0.2, 0.25) is 0 Å². The highest BCUT2D eigenvalue weighted by Crippen LogP contribution is 2.47. The molecule has 0 aromatic heterocycles. The summed E-state index contributed by atoms with van der Waals surface area (Å²) >= 11 is 0. The lowest BCUT2D eigenvalue weighted by Gasteiger charge is -2.24. The highest BCUT2D eigenvalue weighted by molar-refractivity contribution is 5.86. The number of non-ortho nitro benzene ring substituents is 1. The molecule has 0 heterocycles. The Bertz CT molecular complexity index is 1210. The number of fused-ring (bicyclic) bond motifs is 3. The van der Waals surface area contributed by atoms with Gasteiger partial charge < -0.3 is 14.8 Å². The molecule has 0 saturated heterocycles. The van der Waals surface area contributed by atoms with Crippen molar-refractivity contribution in [3.63, 3.8) is 0 Å². The van der Waals surface area contributed by atoms with Crippen LogP contribution in [0, 0.1) is 10.1 Å². The van der Waals surface area contributed by atoms with E-state index >= 15 is 0 Å². The minimum absolute atomic E-state index is 0.0499. The Morgan fingerprint density at radius 2 is 1.54 bits per heavy atom. The molecule has 8 heteroatoms. The molecule has 0 radical (unpaired) electrons. The van der Waals surface area contributed by atoms with Gasteiger partial charge in [0, 0.05) is 18.7 Å². The molecule has 1 aliphatic carbocycles. The average molecular weight is 503 g/mol. The number of nitro benzene ring substituents is 1. The Morgan fingerprint density at radius 1 is 0.919 bits per heavy atom. The molecule has 0 fully saturated rings. The van der Waals surface area contributed by atoms with E-state index in [9.17, 15) is 19.7 Å². The van der Waals surface area contributed by atoms with E-state index in [1.165, 1.54) is 24.3 Å². The van der Waals surface area contributed by atoms with Crippen molar-refractivity contribution in [1.82, 2.24) is 5.32 Å². The molecule has 37 heavy (non-hydrogen) atoms. The summed E-state index contributed by atoms with van der Waals surface area (Å²) in [5.74, 6) is -1.21. The fourth-order valence-electron chi connectivity index (χ4n) is 4.62. The largest absolute Gasteiger partial charge is 0.458 e. The summed E-state index contributed by atoms with van der Waals surface area (Å²) in [5.41, 5.74) is 4.28. The van der Waals surface area contributed by atoms with E-state index < -0.39 is 29.0 Å². The lowest BCUT2D eigenvalue weighted by molar-refractivity contribution is -0.384. The summed E-state index contributed by atoms with van der Waals surface area (Å²) in [5, 5.41) is 13.7. The van der Waals surface area contributed by atoms with Crippen LogP contribution >= 0.6 is 0 Å². The molecule has 3 aromatic carbocycles. The molecule has 1 aliphatic rings. The van der Waals surface area contributed by atoms with Crippen LogP contribution in [0.1, 0.15) is 55.2 Å². The van der Waals surface area contributed by atoms with Gasteiger partial charge in [-0.2, -0.15) is 0 Å². The SMILES string of the molecule is CCCCCCNC(=O)OC(C(=O)OCc1ccc([N+](=O)[O-])cc1)C1c2ccccc2-c2ccccc21. The quantitative estimate of drug-likeness (QED) is 0.146. The minimum Gasteiger partial charge on any atom is -0.458 e. The number of hydrogen-bond donors (Lipinski definition) is 1. The summed E-state index contributed by atoms with van der Waals surface area (Å²) in [4.78, 5) is 36.6. The molecule has 3 aromatic rings. The third-order valence-corrected chi connectivity index (χ3v) is 6.48. The molecular weight excluding hydrogens is 472 g/mol. The predicted octanol–water partition coefficient (Wildman–Crippen LogP) is 6.13. The Labute approximate surface area is 215 Å². The molecule has 0 saturated carbocycles. The van der Waals surface area contributed by atoms with Crippen LogP contribution in [0.25, 0.3) is 11.1 Å². The molecule has 1 unspecified atom stereocenters. The zero-order chi connectivity index (χ0) is 26.2. The molecule has 192 valence electrons. The van der Waals surface area contributed by atoms with Crippen molar-refractivity contribution >= 4 is 17.7 Å². The number of amides is 1. The van der Waals surface area contributed by atoms with E-state index in [4.69, 9.17) is 9.47 Å². The standard InChI is InChI=1S/C29H30N2O6/c1-2-3-4-9-18-30-29(33)37-27(28(32)36-19-20-14-16-21(17-15-20)31(34)35)26-24-12-7-5-10-22(24)23-11-6-8-13-25(23)26/h5-8,10-17,26-27H,2-4,9,18-19H2,1H3,(H,30,33). The van der Waals surface area contributed by atoms with Crippen molar-refractivity contribution in [2.75, 3.05) is 6.54 Å². The Balaban J connectivity index is 1.55. The number of rotatable bonds is 11. The maximum absolute atomic E-state index is 13.4. The summed E-state index contributed by atoms with van der Waals surface area (Å²) in [6.45, 7) is 2.47. The molecule has 0 bridgehead atoms. The first-order valence-corrected chi connectivity index (χ1v) is 12.5. The first-order valence-electron chi connectivity index (χ1n) is 12.5. The van der Waals surface area contributed by atoms with Gasteiger partial charge in [0.1, 0.15) is 6.61 Å². The fraction of sp³-hybridized carbons (Fsp3) is 0.310. The number of carbonyl (C=O) groups is 2. The monoisotopic (exact) mass is 502 g/mol. The average Bonchev–Trinajstić information content (AvgIpc) is 3.25. The number of esters is 1. The number of nitro groups is 1. The number of nitrogens with zero attached hydrogens (tertiary/aromatic N) is 1. The number of ether oxygens (including phenoxy) is 2. The Morgan fingerprint density at radius 3 is 2.14 bits per heavy atom. The molecule has 1 atom stereocenters. The van der Waals surface area contributed by atoms with Gasteiger partial charge in [-0.15, -0.1) is 0 Å². The lowest BCUT2D eigenvalue weighted by Crippen LogP contribution is -2.38. The fourth-order valence-corrected chi connectivity index (χ4v) is 4.62. The third kappa shape index (κ3) is 6.14. The first kappa shape index (κ1) is 25.9. The van der Waals surface area contributed by atoms with Gasteiger partial charge in [0.2, 0.25) is 6.10 Å². The molecule has 4 rings (SSSR count). The van der Waals surface area contributed by atoms with Gasteiger partial charge in [-0.1, -0.05) is 74.7 Å². The van der Waals surface area contributed by atoms with Crippen LogP contribution < -0.4 is 5.32 Å². The molecule has 8 nitrogen and oxygen atoms in total. The number of unbranched alkanes of at least 4 members (excludes halogenated alkanes) is 3. The minimum atomic E-state index is -1.21. The second-order valence-corrected chi connectivity index (χ2v) is 9.00. The van der Waals surface area contributed by atoms with Crippen molar-refractivity contribution < 1.29 is 24.0 Å². The summed E-state index contributed by atoms with van der Waals surface area (Å²) in [6, 6.07) is 21.3. The molecule has 1 amide bonds. The molecule has 1 N–H and O–H groups in total. The van der Waals surface area contributed by atoms with E-state index in [1.54, 1.807) is 0 Å². The number of nitrogens with one attached hydrogen (secondary N) is 1. The highest BCUT2D eigenvalue weighted by atomic mass is 16.6. The van der Waals surface area contributed by atoms with Gasteiger partial charge in [0.05, 0.1) is 10.8 Å². The number of alkyl carbamates (subject to hydrolysis) is 1. The Hall–Kier alpha value is -4.20. The zero-order valence-corrected chi connectivity index (χ0v) is 20.7. The zero-order valence-electron chi connectivity index (χ0n) is 20.7. The maximum atomic E-state index is 13.4. The van der Waals surface area contributed by atoms with E-state index in [0.29, 0.717) is 12.1 Å². The third-order valence-electron chi connectivity index (χ3n) is 6.48. The van der Waals surface area contributed by atoms with Crippen LogP contribution in [0.4, 0.5) is 10.5 Å². The van der Waals surface area contributed by atoms with Crippen molar-refractivity contribution in [3.8, 4) is 11.1 Å². The van der Waals surface area contributed by atoms with Gasteiger partial charge >= 0.3 is 12.1 Å². The van der Waals surface area contributed by atoms with E-state index in [0.717, 1.165) is 47.9 Å². The van der Waals surface area contributed by atoms with Gasteiger partial charge in [-0.05, 0) is 46.4 Å². The Kier molecular flexibility index (Phi) is 8.51. The number of hydrogen-bond acceptors (Lipinski definition) is 6. The molecule has 0 aliphatic heterocycles. The maximum Gasteiger partial charge on any atom is 0.408 e. The first-order chi connectivity index (χ1) is 18.0. The molecule has 0 spiro atoms. The summed E-state index contributed by atoms with van der Waals surface area (Å²) in [6.07, 6.45) is 2.13. The second-order valence-electron chi connectivity index (χ2n) is 9.00. The highest BCUT2D eigenvalue weighted by Gasteiger charge is 2.41. The normalized spacial score (nSPS) is 12.8. The van der Waals surface area contributed by atoms with Crippen LogP contribution in [0.15, 0.2) is 72.8 Å². The van der Waals surface area contributed by atoms with Gasteiger partial charge in [-0.25, -0.2) is 9.59 Å². The second kappa shape index (κ2) is 12.2.